The van der Waals surface area contributed by atoms with Gasteiger partial charge in [0.25, 0.3) is 0 Å². The molecule has 0 aliphatic carbocycles. The minimum absolute atomic E-state index is 0.000923. The number of benzene rings is 1. The molecule has 10 nitrogen and oxygen atoms in total. The standard InChI is InChI=1S/C25H30F3N7O3/c1-3-15-4-6-16(7-5-15)17-12-18(14-35(13-17)24(37)34-10-8-19(36)9-11-34)22-29-20(32-38-22)21-30-31-23(33(21)2)25(26,27)28/h4-7,17-19,36H,3,8-14H2,1-2H3. The van der Waals surface area contributed by atoms with E-state index in [1.807, 2.05) is 0 Å². The first-order valence-electron chi connectivity index (χ1n) is 12.7. The van der Waals surface area contributed by atoms with Crippen LogP contribution in [0.3, 0.4) is 0 Å². The predicted molar refractivity (Wildman–Crippen MR) is 129 cm³/mol. The Morgan fingerprint density at radius 2 is 1.76 bits per heavy atom. The number of aliphatic hydroxyl groups excluding tert-OH is 1. The number of nitrogens with zero attached hydrogens (tertiary/aromatic N) is 7. The molecule has 3 aromatic rings. The van der Waals surface area contributed by atoms with E-state index in [9.17, 15) is 23.1 Å². The first-order chi connectivity index (χ1) is 18.1. The summed E-state index contributed by atoms with van der Waals surface area (Å²) in [6.07, 6.45) is -2.44. The van der Waals surface area contributed by atoms with Crippen molar-refractivity contribution in [3.05, 3.63) is 47.1 Å². The molecule has 2 atom stereocenters. The molecule has 2 saturated heterocycles. The van der Waals surface area contributed by atoms with Gasteiger partial charge in [-0.05, 0) is 36.8 Å². The van der Waals surface area contributed by atoms with E-state index >= 15 is 0 Å². The number of carbonyl (C=O) groups is 1. The minimum atomic E-state index is -4.66. The molecular formula is C25H30F3N7O3. The Labute approximate surface area is 217 Å². The third-order valence-electron chi connectivity index (χ3n) is 7.43. The van der Waals surface area contributed by atoms with Gasteiger partial charge in [-0.1, -0.05) is 36.3 Å². The van der Waals surface area contributed by atoms with Crippen molar-refractivity contribution in [3.63, 3.8) is 0 Å². The van der Waals surface area contributed by atoms with Crippen molar-refractivity contribution in [2.24, 2.45) is 7.05 Å². The second kappa shape index (κ2) is 10.4. The normalized spacial score (nSPS) is 21.2. The highest BCUT2D eigenvalue weighted by Gasteiger charge is 2.39. The van der Waals surface area contributed by atoms with Gasteiger partial charge in [0.2, 0.25) is 23.4 Å². The van der Waals surface area contributed by atoms with Gasteiger partial charge in [0.05, 0.1) is 12.0 Å². The van der Waals surface area contributed by atoms with Crippen molar-refractivity contribution in [1.82, 2.24) is 34.7 Å². The van der Waals surface area contributed by atoms with Crippen molar-refractivity contribution in [2.45, 2.75) is 56.7 Å². The van der Waals surface area contributed by atoms with Crippen molar-refractivity contribution in [1.29, 1.82) is 0 Å². The van der Waals surface area contributed by atoms with Crippen LogP contribution in [0.1, 0.15) is 60.9 Å². The smallest absolute Gasteiger partial charge is 0.393 e. The average molecular weight is 534 g/mol. The van der Waals surface area contributed by atoms with Crippen molar-refractivity contribution < 1.29 is 27.6 Å². The Balaban J connectivity index is 1.41. The van der Waals surface area contributed by atoms with Gasteiger partial charge in [0.15, 0.2) is 0 Å². The van der Waals surface area contributed by atoms with Crippen LogP contribution in [0.4, 0.5) is 18.0 Å². The molecule has 5 rings (SSSR count). The van der Waals surface area contributed by atoms with Crippen molar-refractivity contribution in [2.75, 3.05) is 26.2 Å². The van der Waals surface area contributed by atoms with Gasteiger partial charge in [0.1, 0.15) is 0 Å². The number of rotatable bonds is 4. The van der Waals surface area contributed by atoms with E-state index < -0.39 is 18.1 Å². The summed E-state index contributed by atoms with van der Waals surface area (Å²) in [6, 6.07) is 8.19. The van der Waals surface area contributed by atoms with Crippen LogP contribution < -0.4 is 0 Å². The molecule has 0 saturated carbocycles. The maximum atomic E-state index is 13.5. The highest BCUT2D eigenvalue weighted by molar-refractivity contribution is 5.75. The zero-order valence-corrected chi connectivity index (χ0v) is 21.2. The van der Waals surface area contributed by atoms with Gasteiger partial charge in [-0.3, -0.25) is 0 Å². The van der Waals surface area contributed by atoms with Crippen LogP contribution in [0.5, 0.6) is 0 Å². The zero-order valence-electron chi connectivity index (χ0n) is 21.2. The molecule has 0 radical (unpaired) electrons. The first-order valence-corrected chi connectivity index (χ1v) is 12.7. The number of piperidine rings is 2. The average Bonchev–Trinajstić information content (AvgIpc) is 3.55. The fourth-order valence-electron chi connectivity index (χ4n) is 5.22. The molecular weight excluding hydrogens is 503 g/mol. The lowest BCUT2D eigenvalue weighted by Crippen LogP contribution is -2.51. The van der Waals surface area contributed by atoms with Gasteiger partial charge < -0.3 is 24.0 Å². The molecule has 38 heavy (non-hydrogen) atoms. The van der Waals surface area contributed by atoms with E-state index in [0.717, 1.165) is 16.6 Å². The molecule has 2 fully saturated rings. The number of hydrogen-bond acceptors (Lipinski definition) is 7. The Morgan fingerprint density at radius 3 is 2.39 bits per heavy atom. The molecule has 2 unspecified atom stereocenters. The maximum absolute atomic E-state index is 13.5. The number of aliphatic hydroxyl groups is 1. The Bertz CT molecular complexity index is 1270. The lowest BCUT2D eigenvalue weighted by atomic mass is 9.84. The van der Waals surface area contributed by atoms with Crippen LogP contribution in [0.2, 0.25) is 0 Å². The summed E-state index contributed by atoms with van der Waals surface area (Å²) in [5, 5.41) is 20.6. The van der Waals surface area contributed by atoms with E-state index in [4.69, 9.17) is 4.52 Å². The fourth-order valence-corrected chi connectivity index (χ4v) is 5.22. The van der Waals surface area contributed by atoms with Crippen LogP contribution >= 0.6 is 0 Å². The molecule has 0 bridgehead atoms. The molecule has 2 aromatic heterocycles. The zero-order chi connectivity index (χ0) is 27.0. The van der Waals surface area contributed by atoms with Gasteiger partial charge in [-0.25, -0.2) is 4.79 Å². The van der Waals surface area contributed by atoms with Crippen LogP contribution in [-0.4, -0.2) is 78.1 Å². The van der Waals surface area contributed by atoms with E-state index in [-0.39, 0.29) is 35.4 Å². The van der Waals surface area contributed by atoms with Crippen LogP contribution in [0.25, 0.3) is 11.6 Å². The second-order valence-electron chi connectivity index (χ2n) is 9.99. The van der Waals surface area contributed by atoms with Gasteiger partial charge in [0, 0.05) is 39.1 Å². The molecule has 2 aliphatic heterocycles. The van der Waals surface area contributed by atoms with E-state index in [2.05, 4.69) is 51.5 Å². The summed E-state index contributed by atoms with van der Waals surface area (Å²) >= 11 is 0. The van der Waals surface area contributed by atoms with E-state index in [1.165, 1.54) is 12.6 Å². The molecule has 2 aliphatic rings. The lowest BCUT2D eigenvalue weighted by Gasteiger charge is -2.40. The predicted octanol–water partition coefficient (Wildman–Crippen LogP) is 3.60. The Morgan fingerprint density at radius 1 is 1.08 bits per heavy atom. The SMILES string of the molecule is CCc1ccc(C2CC(c3nc(-c4nnc(C(F)(F)F)n4C)no3)CN(C(=O)N3CCC(O)CC3)C2)cc1. The van der Waals surface area contributed by atoms with Crippen LogP contribution in [-0.2, 0) is 19.6 Å². The molecule has 13 heteroatoms. The first kappa shape index (κ1) is 26.1. The summed E-state index contributed by atoms with van der Waals surface area (Å²) < 4.78 is 45.8. The number of amides is 2. The topological polar surface area (TPSA) is 113 Å². The number of alkyl halides is 3. The third-order valence-corrected chi connectivity index (χ3v) is 7.43. The second-order valence-corrected chi connectivity index (χ2v) is 9.99. The number of aromatic nitrogens is 5. The quantitative estimate of drug-likeness (QED) is 0.545. The summed E-state index contributed by atoms with van der Waals surface area (Å²) in [7, 11) is 1.20. The summed E-state index contributed by atoms with van der Waals surface area (Å²) in [5.74, 6) is -1.50. The number of likely N-dealkylation sites (tertiary alicyclic amines) is 2. The summed E-state index contributed by atoms with van der Waals surface area (Å²) in [5.41, 5.74) is 2.30. The van der Waals surface area contributed by atoms with Gasteiger partial charge in [-0.15, -0.1) is 10.2 Å². The number of hydrogen-bond donors (Lipinski definition) is 1. The Hall–Kier alpha value is -3.48. The monoisotopic (exact) mass is 533 g/mol. The molecule has 204 valence electrons. The van der Waals surface area contributed by atoms with Gasteiger partial charge >= 0.3 is 12.2 Å². The Kier molecular flexibility index (Phi) is 7.12. The number of carbonyl (C=O) groups excluding carboxylic acids is 1. The van der Waals surface area contributed by atoms with E-state index in [0.29, 0.717) is 45.4 Å². The largest absolute Gasteiger partial charge is 0.451 e. The maximum Gasteiger partial charge on any atom is 0.451 e. The molecule has 1 N–H and O–H groups in total. The lowest BCUT2D eigenvalue weighted by molar-refractivity contribution is -0.146. The van der Waals surface area contributed by atoms with E-state index in [1.54, 1.807) is 9.80 Å². The number of urea groups is 1. The van der Waals surface area contributed by atoms with Crippen molar-refractivity contribution in [3.8, 4) is 11.6 Å². The van der Waals surface area contributed by atoms with Crippen LogP contribution in [0.15, 0.2) is 28.8 Å². The molecule has 1 aromatic carbocycles. The molecule has 4 heterocycles. The fraction of sp³-hybridized carbons (Fsp3) is 0.560. The molecule has 0 spiro atoms. The van der Waals surface area contributed by atoms with Crippen molar-refractivity contribution >= 4 is 6.03 Å². The third kappa shape index (κ3) is 5.24. The highest BCUT2D eigenvalue weighted by atomic mass is 19.4. The minimum Gasteiger partial charge on any atom is -0.393 e. The highest BCUT2D eigenvalue weighted by Crippen LogP contribution is 2.37. The number of aryl methyl sites for hydroxylation is 1. The summed E-state index contributed by atoms with van der Waals surface area (Å²) in [6.45, 7) is 3.89. The van der Waals surface area contributed by atoms with Gasteiger partial charge in [-0.2, -0.15) is 18.2 Å². The summed E-state index contributed by atoms with van der Waals surface area (Å²) in [4.78, 5) is 21.4. The number of halogens is 3. The van der Waals surface area contributed by atoms with Crippen LogP contribution in [0, 0.1) is 0 Å². The molecule has 2 amide bonds.